The van der Waals surface area contributed by atoms with E-state index in [2.05, 4.69) is 46.5 Å². The number of rotatable bonds is 5. The fourth-order valence-corrected chi connectivity index (χ4v) is 3.51. The summed E-state index contributed by atoms with van der Waals surface area (Å²) < 4.78 is 6.01. The van der Waals surface area contributed by atoms with Crippen LogP contribution in [0.1, 0.15) is 29.3 Å². The first-order chi connectivity index (χ1) is 13.2. The van der Waals surface area contributed by atoms with E-state index in [1.807, 2.05) is 25.1 Å². The van der Waals surface area contributed by atoms with Crippen molar-refractivity contribution in [3.05, 3.63) is 71.7 Å². The van der Waals surface area contributed by atoms with Gasteiger partial charge in [0.15, 0.2) is 5.82 Å². The maximum Gasteiger partial charge on any atom is 0.161 e. The summed E-state index contributed by atoms with van der Waals surface area (Å²) in [6.07, 6.45) is 4.72. The quantitative estimate of drug-likeness (QED) is 0.733. The number of aromatic nitrogens is 3. The van der Waals surface area contributed by atoms with Gasteiger partial charge in [-0.25, -0.2) is 9.97 Å². The van der Waals surface area contributed by atoms with Gasteiger partial charge in [0.1, 0.15) is 5.82 Å². The second-order valence-corrected chi connectivity index (χ2v) is 6.97. The van der Waals surface area contributed by atoms with Gasteiger partial charge in [-0.05, 0) is 38.0 Å². The molecule has 0 spiro atoms. The third-order valence-electron chi connectivity index (χ3n) is 5.20. The van der Waals surface area contributed by atoms with Crippen molar-refractivity contribution < 1.29 is 4.74 Å². The minimum Gasteiger partial charge on any atom is -0.373 e. The monoisotopic (exact) mass is 360 g/mol. The van der Waals surface area contributed by atoms with Crippen molar-refractivity contribution in [2.75, 3.05) is 18.5 Å². The number of hydrogen-bond acceptors (Lipinski definition) is 5. The molecule has 1 saturated heterocycles. The summed E-state index contributed by atoms with van der Waals surface area (Å²) in [7, 11) is 0. The third kappa shape index (κ3) is 3.83. The zero-order valence-corrected chi connectivity index (χ0v) is 15.7. The lowest BCUT2D eigenvalue weighted by atomic mass is 9.95. The summed E-state index contributed by atoms with van der Waals surface area (Å²) in [5.74, 6) is 2.05. The Kier molecular flexibility index (Phi) is 5.12. The van der Waals surface area contributed by atoms with Gasteiger partial charge in [-0.15, -0.1) is 0 Å². The molecule has 3 aromatic rings. The van der Waals surface area contributed by atoms with E-state index < -0.39 is 0 Å². The van der Waals surface area contributed by atoms with E-state index in [1.54, 1.807) is 12.4 Å². The fourth-order valence-electron chi connectivity index (χ4n) is 3.51. The number of nitrogens with zero attached hydrogens (tertiary/aromatic N) is 3. The van der Waals surface area contributed by atoms with Crippen molar-refractivity contribution in [2.24, 2.45) is 5.92 Å². The first-order valence-corrected chi connectivity index (χ1v) is 9.38. The maximum atomic E-state index is 6.01. The summed E-state index contributed by atoms with van der Waals surface area (Å²) >= 11 is 0. The number of nitrogens with one attached hydrogen (secondary N) is 1. The van der Waals surface area contributed by atoms with E-state index in [4.69, 9.17) is 9.72 Å². The molecule has 5 heteroatoms. The molecule has 2 atom stereocenters. The molecule has 0 bridgehead atoms. The number of anilines is 1. The highest BCUT2D eigenvalue weighted by Crippen LogP contribution is 2.34. The van der Waals surface area contributed by atoms with Crippen LogP contribution in [0.5, 0.6) is 0 Å². The highest BCUT2D eigenvalue weighted by molar-refractivity contribution is 5.59. The van der Waals surface area contributed by atoms with Crippen LogP contribution >= 0.6 is 0 Å². The first-order valence-electron chi connectivity index (χ1n) is 9.38. The van der Waals surface area contributed by atoms with Crippen molar-refractivity contribution >= 4 is 5.82 Å². The number of benzene rings is 1. The molecule has 4 rings (SSSR count). The molecule has 2 unspecified atom stereocenters. The van der Waals surface area contributed by atoms with E-state index in [0.717, 1.165) is 48.0 Å². The highest BCUT2D eigenvalue weighted by atomic mass is 16.5. The van der Waals surface area contributed by atoms with Crippen LogP contribution in [-0.4, -0.2) is 28.1 Å². The Hall–Kier alpha value is -2.79. The summed E-state index contributed by atoms with van der Waals surface area (Å²) in [6.45, 7) is 5.72. The van der Waals surface area contributed by atoms with Crippen LogP contribution in [0, 0.1) is 19.8 Å². The first kappa shape index (κ1) is 17.6. The molecule has 0 radical (unpaired) electrons. The van der Waals surface area contributed by atoms with E-state index in [9.17, 15) is 0 Å². The summed E-state index contributed by atoms with van der Waals surface area (Å²) in [5.41, 5.74) is 4.29. The Morgan fingerprint density at radius 3 is 2.59 bits per heavy atom. The van der Waals surface area contributed by atoms with Gasteiger partial charge in [-0.3, -0.25) is 4.98 Å². The zero-order valence-electron chi connectivity index (χ0n) is 15.7. The van der Waals surface area contributed by atoms with Gasteiger partial charge in [0, 0.05) is 48.3 Å². The lowest BCUT2D eigenvalue weighted by Crippen LogP contribution is -2.19. The lowest BCUT2D eigenvalue weighted by molar-refractivity contribution is 0.0933. The van der Waals surface area contributed by atoms with Crippen molar-refractivity contribution in [3.63, 3.8) is 0 Å². The molecule has 1 aromatic carbocycles. The number of pyridine rings is 1. The molecule has 0 amide bonds. The maximum absolute atomic E-state index is 6.01. The van der Waals surface area contributed by atoms with Gasteiger partial charge in [0.25, 0.3) is 0 Å². The lowest BCUT2D eigenvalue weighted by Gasteiger charge is -2.20. The largest absolute Gasteiger partial charge is 0.373 e. The van der Waals surface area contributed by atoms with Gasteiger partial charge in [-0.2, -0.15) is 0 Å². The van der Waals surface area contributed by atoms with Gasteiger partial charge >= 0.3 is 0 Å². The van der Waals surface area contributed by atoms with Crippen LogP contribution in [-0.2, 0) is 4.74 Å². The van der Waals surface area contributed by atoms with Crippen molar-refractivity contribution in [2.45, 2.75) is 26.4 Å². The van der Waals surface area contributed by atoms with Crippen LogP contribution in [0.25, 0.3) is 11.4 Å². The molecule has 1 aliphatic heterocycles. The molecule has 1 fully saturated rings. The number of hydrogen-bond donors (Lipinski definition) is 1. The van der Waals surface area contributed by atoms with Gasteiger partial charge < -0.3 is 10.1 Å². The summed E-state index contributed by atoms with van der Waals surface area (Å²) in [6, 6.07) is 14.3. The second kappa shape index (κ2) is 7.84. The zero-order chi connectivity index (χ0) is 18.6. The van der Waals surface area contributed by atoms with Crippen LogP contribution in [0.3, 0.4) is 0 Å². The predicted octanol–water partition coefficient (Wildman–Crippen LogP) is 4.35. The molecular weight excluding hydrogens is 336 g/mol. The normalized spacial score (nSPS) is 19.2. The standard InChI is InChI=1S/C22H24N4O/c1-15-16(2)25-22(18-8-11-23-12-9-18)26-21(15)24-14-19-10-13-27-20(19)17-6-4-3-5-7-17/h3-9,11-12,19-20H,10,13-14H2,1-2H3,(H,24,25,26). The predicted molar refractivity (Wildman–Crippen MR) is 106 cm³/mol. The molecule has 3 heterocycles. The average molecular weight is 360 g/mol. The molecule has 0 saturated carbocycles. The van der Waals surface area contributed by atoms with E-state index in [1.165, 1.54) is 5.56 Å². The Morgan fingerprint density at radius 1 is 1.04 bits per heavy atom. The number of aryl methyl sites for hydroxylation is 1. The van der Waals surface area contributed by atoms with Gasteiger partial charge in [-0.1, -0.05) is 30.3 Å². The van der Waals surface area contributed by atoms with E-state index >= 15 is 0 Å². The summed E-state index contributed by atoms with van der Waals surface area (Å²) in [5, 5.41) is 3.56. The smallest absolute Gasteiger partial charge is 0.161 e. The number of ether oxygens (including phenoxy) is 1. The van der Waals surface area contributed by atoms with E-state index in [0.29, 0.717) is 5.92 Å². The van der Waals surface area contributed by atoms with Crippen LogP contribution in [0.2, 0.25) is 0 Å². The Labute approximate surface area is 159 Å². The Morgan fingerprint density at radius 2 is 1.81 bits per heavy atom. The SMILES string of the molecule is Cc1nc(-c2ccncc2)nc(NCC2CCOC2c2ccccc2)c1C. The van der Waals surface area contributed by atoms with Crippen molar-refractivity contribution in [3.8, 4) is 11.4 Å². The van der Waals surface area contributed by atoms with Crippen molar-refractivity contribution in [1.29, 1.82) is 0 Å². The van der Waals surface area contributed by atoms with Crippen molar-refractivity contribution in [1.82, 2.24) is 15.0 Å². The molecular formula is C22H24N4O. The molecule has 27 heavy (non-hydrogen) atoms. The average Bonchev–Trinajstić information content (AvgIpc) is 3.19. The Balaban J connectivity index is 1.53. The minimum absolute atomic E-state index is 0.140. The van der Waals surface area contributed by atoms with Crippen LogP contribution in [0.15, 0.2) is 54.9 Å². The second-order valence-electron chi connectivity index (χ2n) is 6.97. The topological polar surface area (TPSA) is 59.9 Å². The molecule has 2 aromatic heterocycles. The molecule has 1 aliphatic rings. The molecule has 1 N–H and O–H groups in total. The van der Waals surface area contributed by atoms with Crippen LogP contribution < -0.4 is 5.32 Å². The highest BCUT2D eigenvalue weighted by Gasteiger charge is 2.29. The summed E-state index contributed by atoms with van der Waals surface area (Å²) in [4.78, 5) is 13.5. The van der Waals surface area contributed by atoms with Gasteiger partial charge in [0.2, 0.25) is 0 Å². The van der Waals surface area contributed by atoms with Crippen LogP contribution in [0.4, 0.5) is 5.82 Å². The minimum atomic E-state index is 0.140. The molecule has 138 valence electrons. The molecule has 0 aliphatic carbocycles. The van der Waals surface area contributed by atoms with Gasteiger partial charge in [0.05, 0.1) is 6.10 Å². The Bertz CT molecular complexity index is 899. The fraction of sp³-hybridized carbons (Fsp3) is 0.318. The van der Waals surface area contributed by atoms with E-state index in [-0.39, 0.29) is 6.10 Å². The third-order valence-corrected chi connectivity index (χ3v) is 5.20. The molecule has 5 nitrogen and oxygen atoms in total.